The number of likely N-dealkylation sites (tertiary alicyclic amines) is 1. The summed E-state index contributed by atoms with van der Waals surface area (Å²) < 4.78 is 6.16. The first kappa shape index (κ1) is 15.5. The first-order valence-electron chi connectivity index (χ1n) is 8.23. The fourth-order valence-electron chi connectivity index (χ4n) is 3.48. The van der Waals surface area contributed by atoms with Gasteiger partial charge in [-0.25, -0.2) is 9.97 Å². The van der Waals surface area contributed by atoms with Crippen molar-refractivity contribution in [3.63, 3.8) is 0 Å². The van der Waals surface area contributed by atoms with E-state index in [1.807, 2.05) is 34.7 Å². The predicted molar refractivity (Wildman–Crippen MR) is 92.4 cm³/mol. The van der Waals surface area contributed by atoms with E-state index in [1.54, 1.807) is 5.51 Å². The van der Waals surface area contributed by atoms with Crippen LogP contribution < -0.4 is 4.90 Å². The third-order valence-corrected chi connectivity index (χ3v) is 5.42. The Kier molecular flexibility index (Phi) is 4.20. The number of aromatic nitrogens is 2. The maximum atomic E-state index is 12.4. The smallest absolute Gasteiger partial charge is 0.273 e. The molecule has 2 aromatic rings. The minimum atomic E-state index is -0.172. The van der Waals surface area contributed by atoms with Crippen LogP contribution in [-0.2, 0) is 4.74 Å². The number of ether oxygens (including phenoxy) is 1. The summed E-state index contributed by atoms with van der Waals surface area (Å²) in [6, 6.07) is 5.99. The van der Waals surface area contributed by atoms with Gasteiger partial charge in [-0.3, -0.25) is 4.79 Å². The molecule has 7 heteroatoms. The molecule has 2 saturated heterocycles. The summed E-state index contributed by atoms with van der Waals surface area (Å²) in [4.78, 5) is 25.2. The van der Waals surface area contributed by atoms with Crippen molar-refractivity contribution in [3.05, 3.63) is 41.0 Å². The highest BCUT2D eigenvalue weighted by Gasteiger charge is 2.41. The normalized spacial score (nSPS) is 20.3. The number of nitrogens with zero attached hydrogens (tertiary/aromatic N) is 4. The Bertz CT molecular complexity index is 684. The molecule has 0 aliphatic carbocycles. The van der Waals surface area contributed by atoms with E-state index >= 15 is 0 Å². The largest absolute Gasteiger partial charge is 0.371 e. The molecule has 0 N–H and O–H groups in total. The number of carbonyl (C=O) groups excluding carboxylic acids is 1. The molecule has 126 valence electrons. The third-order valence-electron chi connectivity index (χ3n) is 4.84. The highest BCUT2D eigenvalue weighted by molar-refractivity contribution is 7.07. The molecule has 0 bridgehead atoms. The van der Waals surface area contributed by atoms with Crippen molar-refractivity contribution >= 4 is 23.1 Å². The van der Waals surface area contributed by atoms with Gasteiger partial charge < -0.3 is 14.5 Å². The molecule has 2 aliphatic rings. The lowest BCUT2D eigenvalue weighted by Gasteiger charge is -2.47. The Morgan fingerprint density at radius 2 is 2.08 bits per heavy atom. The first-order valence-corrected chi connectivity index (χ1v) is 9.17. The zero-order valence-corrected chi connectivity index (χ0v) is 14.2. The lowest BCUT2D eigenvalue weighted by Crippen LogP contribution is -2.57. The Balaban J connectivity index is 1.41. The van der Waals surface area contributed by atoms with Crippen LogP contribution in [0.3, 0.4) is 0 Å². The summed E-state index contributed by atoms with van der Waals surface area (Å²) in [5.41, 5.74) is 2.08. The number of rotatable bonds is 2. The monoisotopic (exact) mass is 344 g/mol. The van der Waals surface area contributed by atoms with Crippen LogP contribution in [0.2, 0.25) is 0 Å². The zero-order valence-electron chi connectivity index (χ0n) is 13.4. The molecule has 0 unspecified atom stereocenters. The number of amides is 1. The lowest BCUT2D eigenvalue weighted by atomic mass is 9.89. The topological polar surface area (TPSA) is 58.6 Å². The summed E-state index contributed by atoms with van der Waals surface area (Å²) >= 11 is 1.45. The molecule has 4 heterocycles. The standard InChI is InChI=1S/C17H20N4O2S/c22-16(14-11-24-13-19-14)20-7-4-17(5-8-20)12-21(9-10-23-17)15-3-1-2-6-18-15/h1-3,6,11,13H,4-5,7-10,12H2. The fourth-order valence-corrected chi connectivity index (χ4v) is 4.01. The maximum absolute atomic E-state index is 12.4. The van der Waals surface area contributed by atoms with Gasteiger partial charge in [-0.2, -0.15) is 0 Å². The second kappa shape index (κ2) is 6.49. The molecule has 2 aromatic heterocycles. The van der Waals surface area contributed by atoms with E-state index in [9.17, 15) is 4.79 Å². The zero-order chi connectivity index (χ0) is 16.4. The molecule has 2 fully saturated rings. The number of pyridine rings is 1. The molecule has 2 aliphatic heterocycles. The summed E-state index contributed by atoms with van der Waals surface area (Å²) in [5.74, 6) is 1.03. The van der Waals surface area contributed by atoms with E-state index in [0.717, 1.165) is 31.7 Å². The Morgan fingerprint density at radius 3 is 2.79 bits per heavy atom. The summed E-state index contributed by atoms with van der Waals surface area (Å²) in [6.07, 6.45) is 3.53. The molecular weight excluding hydrogens is 324 g/mol. The van der Waals surface area contributed by atoms with Gasteiger partial charge >= 0.3 is 0 Å². The van der Waals surface area contributed by atoms with Gasteiger partial charge in [0.1, 0.15) is 11.5 Å². The maximum Gasteiger partial charge on any atom is 0.273 e. The van der Waals surface area contributed by atoms with Crippen molar-refractivity contribution in [1.82, 2.24) is 14.9 Å². The van der Waals surface area contributed by atoms with Crippen LogP contribution in [0.25, 0.3) is 0 Å². The van der Waals surface area contributed by atoms with Gasteiger partial charge in [-0.15, -0.1) is 11.3 Å². The summed E-state index contributed by atoms with van der Waals surface area (Å²) in [5, 5.41) is 1.81. The molecule has 0 radical (unpaired) electrons. The number of hydrogen-bond acceptors (Lipinski definition) is 6. The summed E-state index contributed by atoms with van der Waals surface area (Å²) in [6.45, 7) is 3.83. The summed E-state index contributed by atoms with van der Waals surface area (Å²) in [7, 11) is 0. The Morgan fingerprint density at radius 1 is 1.21 bits per heavy atom. The van der Waals surface area contributed by atoms with Gasteiger partial charge in [-0.05, 0) is 25.0 Å². The third kappa shape index (κ3) is 3.01. The molecule has 1 amide bonds. The highest BCUT2D eigenvalue weighted by Crippen LogP contribution is 2.32. The molecule has 6 nitrogen and oxygen atoms in total. The number of piperidine rings is 1. The van der Waals surface area contributed by atoms with Crippen molar-refractivity contribution in [3.8, 4) is 0 Å². The van der Waals surface area contributed by atoms with E-state index in [-0.39, 0.29) is 11.5 Å². The number of carbonyl (C=O) groups is 1. The molecule has 0 atom stereocenters. The van der Waals surface area contributed by atoms with Crippen LogP contribution in [0.15, 0.2) is 35.3 Å². The van der Waals surface area contributed by atoms with E-state index in [2.05, 4.69) is 14.9 Å². The number of morpholine rings is 1. The highest BCUT2D eigenvalue weighted by atomic mass is 32.1. The average molecular weight is 344 g/mol. The van der Waals surface area contributed by atoms with Gasteiger partial charge in [0, 0.05) is 37.8 Å². The van der Waals surface area contributed by atoms with Gasteiger partial charge in [0.2, 0.25) is 0 Å². The van der Waals surface area contributed by atoms with Crippen molar-refractivity contribution in [2.75, 3.05) is 37.7 Å². The van der Waals surface area contributed by atoms with E-state index < -0.39 is 0 Å². The van der Waals surface area contributed by atoms with Crippen LogP contribution in [0.4, 0.5) is 5.82 Å². The van der Waals surface area contributed by atoms with Crippen LogP contribution in [0, 0.1) is 0 Å². The van der Waals surface area contributed by atoms with Crippen LogP contribution in [0.1, 0.15) is 23.3 Å². The Labute approximate surface area is 145 Å². The van der Waals surface area contributed by atoms with Crippen molar-refractivity contribution in [2.24, 2.45) is 0 Å². The molecule has 4 rings (SSSR count). The SMILES string of the molecule is O=C(c1cscn1)N1CCC2(CC1)CN(c1ccccn1)CCO2. The minimum Gasteiger partial charge on any atom is -0.371 e. The molecule has 0 aromatic carbocycles. The molecule has 0 saturated carbocycles. The Hall–Kier alpha value is -1.99. The van der Waals surface area contributed by atoms with E-state index in [1.165, 1.54) is 11.3 Å². The first-order chi connectivity index (χ1) is 11.8. The second-order valence-electron chi connectivity index (χ2n) is 6.31. The minimum absolute atomic E-state index is 0.0310. The number of thiazole rings is 1. The fraction of sp³-hybridized carbons (Fsp3) is 0.471. The van der Waals surface area contributed by atoms with Gasteiger partial charge in [0.15, 0.2) is 0 Å². The lowest BCUT2D eigenvalue weighted by molar-refractivity contribution is -0.0870. The predicted octanol–water partition coefficient (Wildman–Crippen LogP) is 2.05. The van der Waals surface area contributed by atoms with E-state index in [0.29, 0.717) is 25.4 Å². The number of hydrogen-bond donors (Lipinski definition) is 0. The second-order valence-corrected chi connectivity index (χ2v) is 7.03. The average Bonchev–Trinajstić information content (AvgIpc) is 3.17. The van der Waals surface area contributed by atoms with Crippen molar-refractivity contribution < 1.29 is 9.53 Å². The van der Waals surface area contributed by atoms with Crippen LogP contribution >= 0.6 is 11.3 Å². The van der Waals surface area contributed by atoms with Crippen LogP contribution in [0.5, 0.6) is 0 Å². The molecule has 1 spiro atoms. The molecular formula is C17H20N4O2S. The van der Waals surface area contributed by atoms with Crippen molar-refractivity contribution in [2.45, 2.75) is 18.4 Å². The van der Waals surface area contributed by atoms with Crippen LogP contribution in [-0.4, -0.2) is 59.2 Å². The molecule has 24 heavy (non-hydrogen) atoms. The van der Waals surface area contributed by atoms with E-state index in [4.69, 9.17) is 4.74 Å². The quantitative estimate of drug-likeness (QED) is 0.834. The van der Waals surface area contributed by atoms with Crippen molar-refractivity contribution in [1.29, 1.82) is 0 Å². The van der Waals surface area contributed by atoms with Gasteiger partial charge in [-0.1, -0.05) is 6.07 Å². The van der Waals surface area contributed by atoms with Gasteiger partial charge in [0.25, 0.3) is 5.91 Å². The van der Waals surface area contributed by atoms with Gasteiger partial charge in [0.05, 0.1) is 17.7 Å². The number of anilines is 1.